The van der Waals surface area contributed by atoms with Gasteiger partial charge >= 0.3 is 0 Å². The SMILES string of the molecule is O=C(COc1ccc(Br)cc1F)NCC(c1ccco1)N1CCCCC1. The first-order valence-electron chi connectivity index (χ1n) is 8.75. The molecule has 1 saturated heterocycles. The fraction of sp³-hybridized carbons (Fsp3) is 0.421. The number of nitrogens with one attached hydrogen (secondary N) is 1. The summed E-state index contributed by atoms with van der Waals surface area (Å²) in [6.07, 6.45) is 5.18. The Hall–Kier alpha value is -1.86. The van der Waals surface area contributed by atoms with Crippen LogP contribution in [0.25, 0.3) is 0 Å². The summed E-state index contributed by atoms with van der Waals surface area (Å²) in [6.45, 7) is 2.17. The third-order valence-corrected chi connectivity index (χ3v) is 4.94. The van der Waals surface area contributed by atoms with Crippen molar-refractivity contribution in [3.63, 3.8) is 0 Å². The molecule has 1 amide bonds. The van der Waals surface area contributed by atoms with Gasteiger partial charge in [0.05, 0.1) is 12.3 Å². The lowest BCUT2D eigenvalue weighted by molar-refractivity contribution is -0.123. The molecule has 0 spiro atoms. The first kappa shape index (κ1) is 18.9. The first-order valence-corrected chi connectivity index (χ1v) is 9.55. The molecule has 140 valence electrons. The normalized spacial score (nSPS) is 16.2. The minimum atomic E-state index is -0.506. The molecule has 1 aromatic carbocycles. The molecule has 3 rings (SSSR count). The molecule has 2 heterocycles. The van der Waals surface area contributed by atoms with Crippen LogP contribution in [0.3, 0.4) is 0 Å². The summed E-state index contributed by atoms with van der Waals surface area (Å²) < 4.78 is 25.2. The van der Waals surface area contributed by atoms with Gasteiger partial charge in [0.2, 0.25) is 0 Å². The van der Waals surface area contributed by atoms with E-state index in [9.17, 15) is 9.18 Å². The molecular weight excluding hydrogens is 403 g/mol. The van der Waals surface area contributed by atoms with Crippen LogP contribution in [0.5, 0.6) is 5.75 Å². The number of hydrogen-bond donors (Lipinski definition) is 1. The zero-order chi connectivity index (χ0) is 18.4. The van der Waals surface area contributed by atoms with Crippen molar-refractivity contribution in [3.8, 4) is 5.75 Å². The zero-order valence-corrected chi connectivity index (χ0v) is 16.0. The summed E-state index contributed by atoms with van der Waals surface area (Å²) in [5.41, 5.74) is 0. The summed E-state index contributed by atoms with van der Waals surface area (Å²) in [5, 5.41) is 2.87. The molecule has 1 unspecified atom stereocenters. The van der Waals surface area contributed by atoms with Crippen LogP contribution in [-0.4, -0.2) is 37.0 Å². The summed E-state index contributed by atoms with van der Waals surface area (Å²) in [4.78, 5) is 14.5. The van der Waals surface area contributed by atoms with E-state index in [1.807, 2.05) is 12.1 Å². The van der Waals surface area contributed by atoms with Crippen LogP contribution in [0.1, 0.15) is 31.1 Å². The maximum atomic E-state index is 13.7. The number of nitrogens with zero attached hydrogens (tertiary/aromatic N) is 1. The number of halogens is 2. The predicted octanol–water partition coefficient (Wildman–Crippen LogP) is 3.90. The number of piperidine rings is 1. The molecule has 1 fully saturated rings. The summed E-state index contributed by atoms with van der Waals surface area (Å²) in [7, 11) is 0. The van der Waals surface area contributed by atoms with Crippen molar-refractivity contribution in [1.29, 1.82) is 0 Å². The van der Waals surface area contributed by atoms with Gasteiger partial charge in [0.25, 0.3) is 5.91 Å². The largest absolute Gasteiger partial charge is 0.481 e. The number of carbonyl (C=O) groups is 1. The van der Waals surface area contributed by atoms with Gasteiger partial charge in [-0.3, -0.25) is 9.69 Å². The Balaban J connectivity index is 1.53. The van der Waals surface area contributed by atoms with E-state index in [1.54, 1.807) is 12.3 Å². The Labute approximate surface area is 160 Å². The fourth-order valence-corrected chi connectivity index (χ4v) is 3.45. The smallest absolute Gasteiger partial charge is 0.258 e. The second kappa shape index (κ2) is 9.19. The van der Waals surface area contributed by atoms with Crippen molar-refractivity contribution < 1.29 is 18.3 Å². The van der Waals surface area contributed by atoms with Gasteiger partial charge in [0.15, 0.2) is 18.2 Å². The van der Waals surface area contributed by atoms with Crippen molar-refractivity contribution >= 4 is 21.8 Å². The molecule has 0 radical (unpaired) electrons. The van der Waals surface area contributed by atoms with Crippen LogP contribution in [0.15, 0.2) is 45.5 Å². The van der Waals surface area contributed by atoms with Crippen molar-refractivity contribution in [2.45, 2.75) is 25.3 Å². The maximum Gasteiger partial charge on any atom is 0.258 e. The van der Waals surface area contributed by atoms with Gasteiger partial charge in [0.1, 0.15) is 5.76 Å². The van der Waals surface area contributed by atoms with Crippen LogP contribution < -0.4 is 10.1 Å². The van der Waals surface area contributed by atoms with Gasteiger partial charge in [-0.2, -0.15) is 0 Å². The highest BCUT2D eigenvalue weighted by Crippen LogP contribution is 2.24. The number of likely N-dealkylation sites (tertiary alicyclic amines) is 1. The first-order chi connectivity index (χ1) is 12.6. The van der Waals surface area contributed by atoms with Gasteiger partial charge in [0, 0.05) is 11.0 Å². The number of furan rings is 1. The van der Waals surface area contributed by atoms with Crippen LogP contribution in [0, 0.1) is 5.82 Å². The average Bonchev–Trinajstić information content (AvgIpc) is 3.16. The molecule has 0 aliphatic carbocycles. The number of ether oxygens (including phenoxy) is 1. The average molecular weight is 425 g/mol. The van der Waals surface area contributed by atoms with Crippen LogP contribution in [0.4, 0.5) is 4.39 Å². The highest BCUT2D eigenvalue weighted by Gasteiger charge is 2.25. The molecule has 1 aliphatic rings. The molecule has 5 nitrogen and oxygen atoms in total. The van der Waals surface area contributed by atoms with E-state index in [1.165, 1.54) is 18.6 Å². The summed E-state index contributed by atoms with van der Waals surface area (Å²) in [5.74, 6) is 0.101. The van der Waals surface area contributed by atoms with E-state index in [-0.39, 0.29) is 24.3 Å². The van der Waals surface area contributed by atoms with E-state index in [0.717, 1.165) is 31.7 Å². The summed E-state index contributed by atoms with van der Waals surface area (Å²) in [6, 6.07) is 8.24. The van der Waals surface area contributed by atoms with E-state index >= 15 is 0 Å². The molecule has 1 aliphatic heterocycles. The Morgan fingerprint density at radius 3 is 2.81 bits per heavy atom. The fourth-order valence-electron chi connectivity index (χ4n) is 3.12. The molecule has 26 heavy (non-hydrogen) atoms. The number of rotatable bonds is 7. The standard InChI is InChI=1S/C19H22BrFN2O3/c20-14-6-7-17(15(21)11-14)26-13-19(24)22-12-16(18-5-4-10-25-18)23-8-2-1-3-9-23/h4-7,10-11,16H,1-3,8-9,12-13H2,(H,22,24). The lowest BCUT2D eigenvalue weighted by Crippen LogP contribution is -2.41. The maximum absolute atomic E-state index is 13.7. The van der Waals surface area contributed by atoms with Crippen LogP contribution in [-0.2, 0) is 4.79 Å². The van der Waals surface area contributed by atoms with E-state index in [2.05, 4.69) is 26.1 Å². The molecule has 1 aromatic heterocycles. The molecule has 0 saturated carbocycles. The highest BCUT2D eigenvalue weighted by atomic mass is 79.9. The van der Waals surface area contributed by atoms with Crippen LogP contribution in [0.2, 0.25) is 0 Å². The van der Waals surface area contributed by atoms with Crippen molar-refractivity contribution in [2.24, 2.45) is 0 Å². The monoisotopic (exact) mass is 424 g/mol. The van der Waals surface area contributed by atoms with Gasteiger partial charge in [-0.25, -0.2) is 4.39 Å². The molecular formula is C19H22BrFN2O3. The molecule has 1 N–H and O–H groups in total. The number of benzene rings is 1. The third kappa shape index (κ3) is 5.08. The Morgan fingerprint density at radius 2 is 2.12 bits per heavy atom. The Kier molecular flexibility index (Phi) is 6.68. The van der Waals surface area contributed by atoms with Gasteiger partial charge in [-0.05, 0) is 56.3 Å². The number of carbonyl (C=O) groups excluding carboxylic acids is 1. The number of hydrogen-bond acceptors (Lipinski definition) is 4. The Bertz CT molecular complexity index is 718. The lowest BCUT2D eigenvalue weighted by Gasteiger charge is -2.33. The molecule has 1 atom stereocenters. The number of amides is 1. The molecule has 0 bridgehead atoms. The minimum absolute atomic E-state index is 0.00123. The second-order valence-corrected chi connectivity index (χ2v) is 7.21. The summed E-state index contributed by atoms with van der Waals surface area (Å²) >= 11 is 3.19. The second-order valence-electron chi connectivity index (χ2n) is 6.30. The van der Waals surface area contributed by atoms with E-state index in [4.69, 9.17) is 9.15 Å². The quantitative estimate of drug-likeness (QED) is 0.731. The predicted molar refractivity (Wildman–Crippen MR) is 99.5 cm³/mol. The van der Waals surface area contributed by atoms with Crippen molar-refractivity contribution in [1.82, 2.24) is 10.2 Å². The lowest BCUT2D eigenvalue weighted by atomic mass is 10.1. The topological polar surface area (TPSA) is 54.7 Å². The van der Waals surface area contributed by atoms with Gasteiger partial charge in [-0.15, -0.1) is 0 Å². The minimum Gasteiger partial charge on any atom is -0.481 e. The molecule has 2 aromatic rings. The molecule has 7 heteroatoms. The highest BCUT2D eigenvalue weighted by molar-refractivity contribution is 9.10. The van der Waals surface area contributed by atoms with E-state index < -0.39 is 5.82 Å². The Morgan fingerprint density at radius 1 is 1.31 bits per heavy atom. The van der Waals surface area contributed by atoms with Gasteiger partial charge in [-0.1, -0.05) is 22.4 Å². The zero-order valence-electron chi connectivity index (χ0n) is 14.4. The van der Waals surface area contributed by atoms with Crippen molar-refractivity contribution in [2.75, 3.05) is 26.2 Å². The third-order valence-electron chi connectivity index (χ3n) is 4.45. The van der Waals surface area contributed by atoms with Crippen LogP contribution >= 0.6 is 15.9 Å². The van der Waals surface area contributed by atoms with E-state index in [0.29, 0.717) is 11.0 Å². The van der Waals surface area contributed by atoms with Crippen molar-refractivity contribution in [3.05, 3.63) is 52.6 Å². The van der Waals surface area contributed by atoms with Gasteiger partial charge < -0.3 is 14.5 Å².